The number of hydrogen-bond donors (Lipinski definition) is 1. The first-order valence-corrected chi connectivity index (χ1v) is 5.63. The van der Waals surface area contributed by atoms with Crippen molar-refractivity contribution in [3.05, 3.63) is 22.2 Å². The number of nitrogens with zero attached hydrogens (tertiary/aromatic N) is 3. The molecule has 0 bridgehead atoms. The largest absolute Gasteiger partial charge is 0.373 e. The fourth-order valence-electron chi connectivity index (χ4n) is 1.44. The molecule has 0 aliphatic heterocycles. The third-order valence-corrected chi connectivity index (χ3v) is 2.50. The third kappa shape index (κ3) is 3.58. The highest BCUT2D eigenvalue weighted by molar-refractivity contribution is 5.55. The minimum atomic E-state index is -0.403. The van der Waals surface area contributed by atoms with Gasteiger partial charge in [0.2, 0.25) is 0 Å². The number of pyridine rings is 1. The summed E-state index contributed by atoms with van der Waals surface area (Å²) < 4.78 is 0. The van der Waals surface area contributed by atoms with Gasteiger partial charge in [-0.15, -0.1) is 0 Å². The van der Waals surface area contributed by atoms with E-state index in [9.17, 15) is 10.1 Å². The Labute approximate surface area is 101 Å². The number of unbranched alkanes of at least 4 members (excludes halogenated alkanes) is 1. The fraction of sp³-hybridized carbons (Fsp3) is 0.545. The summed E-state index contributed by atoms with van der Waals surface area (Å²) in [6.07, 6.45) is 2.12. The van der Waals surface area contributed by atoms with Crippen molar-refractivity contribution in [1.29, 1.82) is 0 Å². The predicted octanol–water partition coefficient (Wildman–Crippen LogP) is 2.27. The van der Waals surface area contributed by atoms with E-state index in [1.807, 2.05) is 11.9 Å². The maximum absolute atomic E-state index is 10.8. The normalized spacial score (nSPS) is 10.1. The van der Waals surface area contributed by atoms with Gasteiger partial charge >= 0.3 is 0 Å². The number of rotatable bonds is 6. The molecule has 0 radical (unpaired) electrons. The number of hydrogen-bond acceptors (Lipinski definition) is 5. The zero-order chi connectivity index (χ0) is 12.8. The zero-order valence-corrected chi connectivity index (χ0v) is 10.4. The van der Waals surface area contributed by atoms with E-state index in [0.717, 1.165) is 19.4 Å². The second kappa shape index (κ2) is 6.03. The Morgan fingerprint density at radius 1 is 1.53 bits per heavy atom. The maximum Gasteiger partial charge on any atom is 0.276 e. The lowest BCUT2D eigenvalue weighted by Crippen LogP contribution is -2.20. The van der Waals surface area contributed by atoms with Gasteiger partial charge in [-0.25, -0.2) is 4.98 Å². The van der Waals surface area contributed by atoms with Crippen LogP contribution in [0.4, 0.5) is 17.3 Å². The van der Waals surface area contributed by atoms with Crippen molar-refractivity contribution in [2.45, 2.75) is 19.8 Å². The average Bonchev–Trinajstić information content (AvgIpc) is 2.35. The van der Waals surface area contributed by atoms with Crippen molar-refractivity contribution >= 4 is 17.3 Å². The van der Waals surface area contributed by atoms with Crippen LogP contribution in [0.25, 0.3) is 0 Å². The van der Waals surface area contributed by atoms with Crippen LogP contribution in [0.1, 0.15) is 19.8 Å². The standard InChI is InChI=1S/C11H18N4O2/c1-4-5-6-14(3)11-8-9(15(16)17)7-10(12-2)13-11/h7-8H,4-6H2,1-3H3,(H,12,13). The second-order valence-corrected chi connectivity index (χ2v) is 3.85. The van der Waals surface area contributed by atoms with Gasteiger partial charge in [-0.2, -0.15) is 0 Å². The van der Waals surface area contributed by atoms with Crippen molar-refractivity contribution in [2.75, 3.05) is 30.9 Å². The van der Waals surface area contributed by atoms with Gasteiger partial charge in [0, 0.05) is 20.6 Å². The molecule has 0 saturated heterocycles. The maximum atomic E-state index is 10.8. The summed E-state index contributed by atoms with van der Waals surface area (Å²) in [5, 5.41) is 13.6. The number of nitrogens with one attached hydrogen (secondary N) is 1. The third-order valence-electron chi connectivity index (χ3n) is 2.50. The Hall–Kier alpha value is -1.85. The Morgan fingerprint density at radius 3 is 2.76 bits per heavy atom. The molecule has 0 fully saturated rings. The molecular formula is C11H18N4O2. The van der Waals surface area contributed by atoms with Crippen LogP contribution in [0.3, 0.4) is 0 Å². The molecule has 0 aromatic carbocycles. The molecule has 1 N–H and O–H groups in total. The summed E-state index contributed by atoms with van der Waals surface area (Å²) in [5.41, 5.74) is 0.0581. The fourth-order valence-corrected chi connectivity index (χ4v) is 1.44. The van der Waals surface area contributed by atoms with Gasteiger partial charge in [0.05, 0.1) is 17.1 Å². The van der Waals surface area contributed by atoms with Crippen molar-refractivity contribution < 1.29 is 4.92 Å². The predicted molar refractivity (Wildman–Crippen MR) is 68.6 cm³/mol. The molecule has 6 heteroatoms. The molecule has 94 valence electrons. The van der Waals surface area contributed by atoms with Crippen LogP contribution in [-0.2, 0) is 0 Å². The van der Waals surface area contributed by atoms with E-state index in [-0.39, 0.29) is 5.69 Å². The summed E-state index contributed by atoms with van der Waals surface area (Å²) in [5.74, 6) is 1.13. The van der Waals surface area contributed by atoms with E-state index in [1.165, 1.54) is 12.1 Å². The minimum Gasteiger partial charge on any atom is -0.373 e. The van der Waals surface area contributed by atoms with Gasteiger partial charge in [0.15, 0.2) is 0 Å². The Balaban J connectivity index is 2.97. The van der Waals surface area contributed by atoms with Crippen LogP contribution in [0, 0.1) is 10.1 Å². The van der Waals surface area contributed by atoms with E-state index in [2.05, 4.69) is 17.2 Å². The molecule has 6 nitrogen and oxygen atoms in total. The summed E-state index contributed by atoms with van der Waals surface area (Å²) in [4.78, 5) is 16.6. The van der Waals surface area contributed by atoms with Crippen molar-refractivity contribution in [3.63, 3.8) is 0 Å². The van der Waals surface area contributed by atoms with E-state index in [1.54, 1.807) is 7.05 Å². The van der Waals surface area contributed by atoms with Crippen LogP contribution in [-0.4, -0.2) is 30.5 Å². The molecular weight excluding hydrogens is 220 g/mol. The highest BCUT2D eigenvalue weighted by Crippen LogP contribution is 2.22. The lowest BCUT2D eigenvalue weighted by molar-refractivity contribution is -0.384. The van der Waals surface area contributed by atoms with Gasteiger partial charge in [-0.3, -0.25) is 10.1 Å². The number of aromatic nitrogens is 1. The average molecular weight is 238 g/mol. The molecule has 0 aliphatic rings. The number of nitro groups is 1. The van der Waals surface area contributed by atoms with E-state index < -0.39 is 4.92 Å². The lowest BCUT2D eigenvalue weighted by atomic mass is 10.3. The monoisotopic (exact) mass is 238 g/mol. The smallest absolute Gasteiger partial charge is 0.276 e. The lowest BCUT2D eigenvalue weighted by Gasteiger charge is -2.18. The first-order chi connectivity index (χ1) is 8.08. The van der Waals surface area contributed by atoms with Crippen LogP contribution in [0.2, 0.25) is 0 Å². The highest BCUT2D eigenvalue weighted by Gasteiger charge is 2.12. The van der Waals surface area contributed by atoms with Crippen molar-refractivity contribution in [1.82, 2.24) is 4.98 Å². The van der Waals surface area contributed by atoms with Gasteiger partial charge in [-0.05, 0) is 6.42 Å². The van der Waals surface area contributed by atoms with Crippen molar-refractivity contribution in [2.24, 2.45) is 0 Å². The molecule has 1 aromatic rings. The van der Waals surface area contributed by atoms with Crippen LogP contribution >= 0.6 is 0 Å². The minimum absolute atomic E-state index is 0.0581. The molecule has 0 spiro atoms. The highest BCUT2D eigenvalue weighted by atomic mass is 16.6. The first kappa shape index (κ1) is 13.2. The molecule has 0 unspecified atom stereocenters. The first-order valence-electron chi connectivity index (χ1n) is 5.63. The van der Waals surface area contributed by atoms with Gasteiger partial charge < -0.3 is 10.2 Å². The van der Waals surface area contributed by atoms with Crippen molar-refractivity contribution in [3.8, 4) is 0 Å². The van der Waals surface area contributed by atoms with Crippen LogP contribution < -0.4 is 10.2 Å². The Bertz CT molecular complexity index is 395. The van der Waals surface area contributed by atoms with Gasteiger partial charge in [0.1, 0.15) is 11.6 Å². The van der Waals surface area contributed by atoms with E-state index in [0.29, 0.717) is 11.6 Å². The van der Waals surface area contributed by atoms with Crippen LogP contribution in [0.15, 0.2) is 12.1 Å². The summed E-state index contributed by atoms with van der Waals surface area (Å²) in [7, 11) is 3.59. The molecule has 0 aliphatic carbocycles. The van der Waals surface area contributed by atoms with E-state index in [4.69, 9.17) is 0 Å². The zero-order valence-electron chi connectivity index (χ0n) is 10.4. The molecule has 1 heterocycles. The quantitative estimate of drug-likeness (QED) is 0.608. The second-order valence-electron chi connectivity index (χ2n) is 3.85. The molecule has 1 aromatic heterocycles. The summed E-state index contributed by atoms with van der Waals surface area (Å²) in [6.45, 7) is 2.95. The van der Waals surface area contributed by atoms with Gasteiger partial charge in [0.25, 0.3) is 5.69 Å². The number of anilines is 2. The Kier molecular flexibility index (Phi) is 4.68. The summed E-state index contributed by atoms with van der Waals surface area (Å²) >= 11 is 0. The summed E-state index contributed by atoms with van der Waals surface area (Å²) in [6, 6.07) is 2.92. The molecule has 0 saturated carbocycles. The topological polar surface area (TPSA) is 71.3 Å². The van der Waals surface area contributed by atoms with Crippen LogP contribution in [0.5, 0.6) is 0 Å². The molecule has 0 atom stereocenters. The van der Waals surface area contributed by atoms with E-state index >= 15 is 0 Å². The van der Waals surface area contributed by atoms with Gasteiger partial charge in [-0.1, -0.05) is 13.3 Å². The molecule has 17 heavy (non-hydrogen) atoms. The SMILES string of the molecule is CCCCN(C)c1cc([N+](=O)[O-])cc(NC)n1. The molecule has 1 rings (SSSR count). The molecule has 0 amide bonds. The Morgan fingerprint density at radius 2 is 2.24 bits per heavy atom.